The van der Waals surface area contributed by atoms with Crippen LogP contribution >= 0.6 is 0 Å². The van der Waals surface area contributed by atoms with E-state index in [9.17, 15) is 0 Å². The molecule has 0 bridgehead atoms. The number of anilines is 1. The summed E-state index contributed by atoms with van der Waals surface area (Å²) in [7, 11) is 0. The molecule has 0 aliphatic carbocycles. The van der Waals surface area contributed by atoms with E-state index in [1.165, 1.54) is 5.56 Å². The summed E-state index contributed by atoms with van der Waals surface area (Å²) in [6.07, 6.45) is 0. The molecule has 5 aromatic rings. The first-order valence-corrected chi connectivity index (χ1v) is 10.4. The SMILES string of the molecule is Cc1ccc(-c2cc(=NNc3ccc4ccccc4[nH+]3)c3c(C)cc(C)cc3o2)cc1. The van der Waals surface area contributed by atoms with Gasteiger partial charge < -0.3 is 4.42 Å². The Morgan fingerprint density at radius 2 is 1.61 bits per heavy atom. The Morgan fingerprint density at radius 3 is 2.45 bits per heavy atom. The first-order valence-electron chi connectivity index (χ1n) is 10.4. The fourth-order valence-corrected chi connectivity index (χ4v) is 3.93. The maximum Gasteiger partial charge on any atom is 0.297 e. The number of hydrogen-bond donors (Lipinski definition) is 1. The summed E-state index contributed by atoms with van der Waals surface area (Å²) in [6, 6.07) is 26.8. The highest BCUT2D eigenvalue weighted by atomic mass is 16.3. The number of nitrogens with one attached hydrogen (secondary N) is 2. The average molecular weight is 407 g/mol. The summed E-state index contributed by atoms with van der Waals surface area (Å²) in [5, 5.41) is 7.77. The van der Waals surface area contributed by atoms with Crippen molar-refractivity contribution < 1.29 is 9.40 Å². The molecule has 31 heavy (non-hydrogen) atoms. The second-order valence-corrected chi connectivity index (χ2v) is 8.00. The molecule has 0 atom stereocenters. The number of fused-ring (bicyclic) bond motifs is 2. The fourth-order valence-electron chi connectivity index (χ4n) is 3.93. The number of nitrogens with zero attached hydrogens (tertiary/aromatic N) is 1. The zero-order chi connectivity index (χ0) is 21.4. The van der Waals surface area contributed by atoms with Crippen LogP contribution in [0.5, 0.6) is 0 Å². The van der Waals surface area contributed by atoms with E-state index in [0.29, 0.717) is 0 Å². The predicted molar refractivity (Wildman–Crippen MR) is 126 cm³/mol. The summed E-state index contributed by atoms with van der Waals surface area (Å²) in [6.45, 7) is 6.26. The Bertz CT molecular complexity index is 1480. The molecule has 152 valence electrons. The van der Waals surface area contributed by atoms with Crippen molar-refractivity contribution in [1.82, 2.24) is 0 Å². The lowest BCUT2D eigenvalue weighted by Gasteiger charge is -2.08. The van der Waals surface area contributed by atoms with Crippen molar-refractivity contribution in [2.45, 2.75) is 20.8 Å². The number of aromatic nitrogens is 1. The van der Waals surface area contributed by atoms with Gasteiger partial charge in [-0.2, -0.15) is 0 Å². The molecule has 0 radical (unpaired) electrons. The maximum atomic E-state index is 6.30. The maximum absolute atomic E-state index is 6.30. The van der Waals surface area contributed by atoms with Crippen LogP contribution in [0.15, 0.2) is 88.4 Å². The molecule has 0 spiro atoms. The van der Waals surface area contributed by atoms with Gasteiger partial charge >= 0.3 is 0 Å². The van der Waals surface area contributed by atoms with Crippen molar-refractivity contribution in [2.75, 3.05) is 5.43 Å². The minimum atomic E-state index is 0.792. The van der Waals surface area contributed by atoms with E-state index in [1.807, 2.05) is 24.3 Å². The largest absolute Gasteiger partial charge is 0.456 e. The number of aryl methyl sites for hydroxylation is 3. The van der Waals surface area contributed by atoms with E-state index in [-0.39, 0.29) is 0 Å². The molecule has 0 saturated heterocycles. The number of pyridine rings is 1. The third kappa shape index (κ3) is 3.80. The van der Waals surface area contributed by atoms with E-state index in [2.05, 4.69) is 85.8 Å². The molecule has 0 saturated carbocycles. The highest BCUT2D eigenvalue weighted by Crippen LogP contribution is 2.25. The van der Waals surface area contributed by atoms with Crippen LogP contribution in [0.1, 0.15) is 16.7 Å². The van der Waals surface area contributed by atoms with Crippen molar-refractivity contribution in [2.24, 2.45) is 5.10 Å². The van der Waals surface area contributed by atoms with Crippen molar-refractivity contribution >= 4 is 27.7 Å². The zero-order valence-electron chi connectivity index (χ0n) is 17.9. The lowest BCUT2D eigenvalue weighted by atomic mass is 10.0. The summed E-state index contributed by atoms with van der Waals surface area (Å²) < 4.78 is 6.30. The Labute approximate surface area is 180 Å². The van der Waals surface area contributed by atoms with E-state index in [1.54, 1.807) is 0 Å². The minimum Gasteiger partial charge on any atom is -0.456 e. The molecule has 0 aliphatic rings. The van der Waals surface area contributed by atoms with Crippen molar-refractivity contribution in [3.05, 3.63) is 101 Å². The molecular formula is C27H24N3O+. The number of aromatic amines is 1. The fraction of sp³-hybridized carbons (Fsp3) is 0.111. The Balaban J connectivity index is 1.66. The lowest BCUT2D eigenvalue weighted by Crippen LogP contribution is -2.14. The lowest BCUT2D eigenvalue weighted by molar-refractivity contribution is -0.327. The van der Waals surface area contributed by atoms with Crippen LogP contribution in [0.2, 0.25) is 0 Å². The third-order valence-electron chi connectivity index (χ3n) is 5.48. The number of rotatable bonds is 3. The second-order valence-electron chi connectivity index (χ2n) is 8.00. The normalized spacial score (nSPS) is 11.9. The molecule has 3 aromatic carbocycles. The Hall–Kier alpha value is -3.92. The molecule has 0 aliphatic heterocycles. The van der Waals surface area contributed by atoms with E-state index in [4.69, 9.17) is 9.52 Å². The van der Waals surface area contributed by atoms with Gasteiger partial charge in [0.15, 0.2) is 0 Å². The number of para-hydroxylation sites is 1. The summed E-state index contributed by atoms with van der Waals surface area (Å²) in [5.74, 6) is 1.62. The number of H-pyrrole nitrogens is 1. The van der Waals surface area contributed by atoms with Gasteiger partial charge in [0, 0.05) is 28.5 Å². The van der Waals surface area contributed by atoms with Crippen LogP contribution in [-0.2, 0) is 0 Å². The van der Waals surface area contributed by atoms with Crippen LogP contribution in [0.25, 0.3) is 33.2 Å². The molecule has 2 heterocycles. The first-order chi connectivity index (χ1) is 15.1. The minimum absolute atomic E-state index is 0.792. The van der Waals surface area contributed by atoms with Crippen LogP contribution in [0.4, 0.5) is 5.82 Å². The molecule has 2 aromatic heterocycles. The zero-order valence-corrected chi connectivity index (χ0v) is 17.9. The van der Waals surface area contributed by atoms with Crippen molar-refractivity contribution in [3.8, 4) is 11.3 Å². The van der Waals surface area contributed by atoms with Gasteiger partial charge in [0.2, 0.25) is 0 Å². The van der Waals surface area contributed by atoms with Gasteiger partial charge in [0.1, 0.15) is 22.2 Å². The van der Waals surface area contributed by atoms with Gasteiger partial charge in [-0.25, -0.2) is 4.98 Å². The predicted octanol–water partition coefficient (Wildman–Crippen LogP) is 5.92. The molecule has 2 N–H and O–H groups in total. The van der Waals surface area contributed by atoms with Crippen LogP contribution in [0.3, 0.4) is 0 Å². The number of benzene rings is 3. The monoisotopic (exact) mass is 406 g/mol. The van der Waals surface area contributed by atoms with Gasteiger partial charge in [-0.1, -0.05) is 59.2 Å². The summed E-state index contributed by atoms with van der Waals surface area (Å²) in [5.41, 5.74) is 9.64. The molecule has 0 unspecified atom stereocenters. The molecular weight excluding hydrogens is 382 g/mol. The molecule has 5 rings (SSSR count). The molecule has 4 heteroatoms. The molecule has 4 nitrogen and oxygen atoms in total. The highest BCUT2D eigenvalue weighted by molar-refractivity contribution is 5.82. The van der Waals surface area contributed by atoms with Gasteiger partial charge in [-0.3, -0.25) is 0 Å². The standard InChI is InChI=1S/C27H23N3O/c1-17-8-10-21(11-9-17)24-16-23(27-19(3)14-18(2)15-25(27)31-24)29-30-26-13-12-20-6-4-5-7-22(20)28-26/h4-16H,1-3H3,(H,28,30)/p+1. The van der Waals surface area contributed by atoms with Crippen LogP contribution in [-0.4, -0.2) is 0 Å². The summed E-state index contributed by atoms with van der Waals surface area (Å²) in [4.78, 5) is 3.39. The van der Waals surface area contributed by atoms with Crippen molar-refractivity contribution in [1.29, 1.82) is 0 Å². The van der Waals surface area contributed by atoms with E-state index < -0.39 is 0 Å². The molecule has 0 fully saturated rings. The number of hydrogen-bond acceptors (Lipinski definition) is 3. The highest BCUT2D eigenvalue weighted by Gasteiger charge is 2.10. The van der Waals surface area contributed by atoms with E-state index >= 15 is 0 Å². The topological polar surface area (TPSA) is 51.7 Å². The van der Waals surface area contributed by atoms with Crippen molar-refractivity contribution in [3.63, 3.8) is 0 Å². The van der Waals surface area contributed by atoms with E-state index in [0.717, 1.165) is 55.5 Å². The molecule has 0 amide bonds. The van der Waals surface area contributed by atoms with Gasteiger partial charge in [-0.15, -0.1) is 5.43 Å². The Kier molecular flexibility index (Phi) is 4.75. The Morgan fingerprint density at radius 1 is 0.806 bits per heavy atom. The second kappa shape index (κ2) is 7.73. The van der Waals surface area contributed by atoms with Gasteiger partial charge in [0.05, 0.1) is 0 Å². The van der Waals surface area contributed by atoms with Crippen LogP contribution < -0.4 is 15.8 Å². The smallest absolute Gasteiger partial charge is 0.297 e. The first kappa shape index (κ1) is 19.1. The summed E-state index contributed by atoms with van der Waals surface area (Å²) >= 11 is 0. The van der Waals surface area contributed by atoms with Gasteiger partial charge in [0.25, 0.3) is 5.82 Å². The average Bonchev–Trinajstić information content (AvgIpc) is 2.77. The van der Waals surface area contributed by atoms with Gasteiger partial charge in [-0.05, 0) is 50.1 Å². The third-order valence-corrected chi connectivity index (χ3v) is 5.48. The quantitative estimate of drug-likeness (QED) is 0.378. The van der Waals surface area contributed by atoms with Crippen LogP contribution in [0, 0.1) is 20.8 Å².